The maximum absolute atomic E-state index is 11.6. The zero-order valence-corrected chi connectivity index (χ0v) is 5.14. The lowest BCUT2D eigenvalue weighted by atomic mass is 10.5. The number of alkyl halides is 2. The highest BCUT2D eigenvalue weighted by Crippen LogP contribution is 2.22. The van der Waals surface area contributed by atoms with Crippen molar-refractivity contribution in [3.05, 3.63) is 12.2 Å². The molecule has 0 spiro atoms. The van der Waals surface area contributed by atoms with Crippen LogP contribution in [0, 0.1) is 0 Å². The Hall–Kier alpha value is 0.0300. The van der Waals surface area contributed by atoms with Gasteiger partial charge in [0.25, 0.3) is 5.66 Å². The Bertz CT molecular complexity index is 72.2. The summed E-state index contributed by atoms with van der Waals surface area (Å²) in [5, 5.41) is 0. The molecule has 0 aliphatic carbocycles. The van der Waals surface area contributed by atoms with Crippen molar-refractivity contribution in [2.75, 3.05) is 0 Å². The van der Waals surface area contributed by atoms with Crippen molar-refractivity contribution in [1.29, 1.82) is 0 Å². The van der Waals surface area contributed by atoms with Gasteiger partial charge in [0.15, 0.2) is 0 Å². The van der Waals surface area contributed by atoms with Gasteiger partial charge >= 0.3 is 0 Å². The molecule has 0 saturated carbocycles. The van der Waals surface area contributed by atoms with Crippen LogP contribution in [0.1, 0.15) is 6.92 Å². The lowest BCUT2D eigenvalue weighted by Gasteiger charge is -1.98. The van der Waals surface area contributed by atoms with E-state index < -0.39 is 5.66 Å². The largest absolute Gasteiger partial charge is 0.277 e. The van der Waals surface area contributed by atoms with Gasteiger partial charge in [-0.05, 0) is 13.0 Å². The molecule has 0 nitrogen and oxygen atoms in total. The van der Waals surface area contributed by atoms with E-state index in [2.05, 4.69) is 0 Å². The number of allylic oxidation sites excluding steroid dienone is 2. The molecule has 42 valence electrons. The minimum absolute atomic E-state index is 0.817. The molecular formula is C4H7F2P. The smallest absolute Gasteiger partial charge is 0.198 e. The molecule has 3 heteroatoms. The average Bonchev–Trinajstić information content (AvgIpc) is 1.30. The molecule has 1 atom stereocenters. The second kappa shape index (κ2) is 2.37. The highest BCUT2D eigenvalue weighted by Gasteiger charge is 2.13. The second-order valence-corrected chi connectivity index (χ2v) is 1.94. The third-order valence-electron chi connectivity index (χ3n) is 0.389. The van der Waals surface area contributed by atoms with Crippen LogP contribution in [0.4, 0.5) is 8.78 Å². The fraction of sp³-hybridized carbons (Fsp3) is 0.500. The summed E-state index contributed by atoms with van der Waals surface area (Å²) in [5.41, 5.74) is -2.71. The van der Waals surface area contributed by atoms with Crippen LogP contribution in [0.2, 0.25) is 0 Å². The van der Waals surface area contributed by atoms with E-state index in [1.165, 1.54) is 15.3 Å². The van der Waals surface area contributed by atoms with E-state index in [0.29, 0.717) is 0 Å². The van der Waals surface area contributed by atoms with E-state index in [4.69, 9.17) is 0 Å². The first kappa shape index (κ1) is 7.03. The van der Waals surface area contributed by atoms with Gasteiger partial charge in [-0.3, -0.25) is 0 Å². The van der Waals surface area contributed by atoms with Crippen molar-refractivity contribution >= 4 is 9.24 Å². The Morgan fingerprint density at radius 2 is 2.00 bits per heavy atom. The predicted molar refractivity (Wildman–Crippen MR) is 29.5 cm³/mol. The van der Waals surface area contributed by atoms with Gasteiger partial charge in [-0.1, -0.05) is 15.3 Å². The normalized spacial score (nSPS) is 13.1. The molecule has 0 rings (SSSR count). The van der Waals surface area contributed by atoms with Crippen LogP contribution < -0.4 is 0 Å². The summed E-state index contributed by atoms with van der Waals surface area (Å²) in [4.78, 5) is 0. The lowest BCUT2D eigenvalue weighted by molar-refractivity contribution is 0.161. The minimum atomic E-state index is -2.71. The zero-order chi connectivity index (χ0) is 5.91. The molecule has 0 aliphatic rings. The zero-order valence-electron chi connectivity index (χ0n) is 3.99. The Labute approximate surface area is 43.8 Å². The van der Waals surface area contributed by atoms with Crippen LogP contribution in [-0.2, 0) is 0 Å². The van der Waals surface area contributed by atoms with Gasteiger partial charge in [-0.15, -0.1) is 0 Å². The van der Waals surface area contributed by atoms with Gasteiger partial charge in [0, 0.05) is 0 Å². The molecule has 0 fully saturated rings. The van der Waals surface area contributed by atoms with Crippen molar-refractivity contribution in [3.8, 4) is 0 Å². The van der Waals surface area contributed by atoms with Gasteiger partial charge in [-0.2, -0.15) is 8.78 Å². The summed E-state index contributed by atoms with van der Waals surface area (Å²) in [6.45, 7) is 1.55. The van der Waals surface area contributed by atoms with E-state index in [-0.39, 0.29) is 0 Å². The van der Waals surface area contributed by atoms with Crippen LogP contribution >= 0.6 is 9.24 Å². The monoisotopic (exact) mass is 124 g/mol. The average molecular weight is 124 g/mol. The van der Waals surface area contributed by atoms with E-state index in [0.717, 1.165) is 6.08 Å². The van der Waals surface area contributed by atoms with E-state index in [9.17, 15) is 8.78 Å². The first-order chi connectivity index (χ1) is 3.06. The van der Waals surface area contributed by atoms with Crippen molar-refractivity contribution in [1.82, 2.24) is 0 Å². The van der Waals surface area contributed by atoms with E-state index in [1.54, 1.807) is 6.92 Å². The van der Waals surface area contributed by atoms with Crippen LogP contribution in [0.25, 0.3) is 0 Å². The third kappa shape index (κ3) is 6.03. The lowest BCUT2D eigenvalue weighted by Crippen LogP contribution is -1.95. The molecule has 0 aromatic heterocycles. The highest BCUT2D eigenvalue weighted by atomic mass is 31.0. The second-order valence-electron chi connectivity index (χ2n) is 1.17. The summed E-state index contributed by atoms with van der Waals surface area (Å²) in [6.07, 6.45) is 2.13. The molecule has 1 unspecified atom stereocenters. The fourth-order valence-corrected chi connectivity index (χ4v) is 0.415. The first-order valence-corrected chi connectivity index (χ1v) is 2.44. The van der Waals surface area contributed by atoms with Gasteiger partial charge in [0.05, 0.1) is 0 Å². The molecule has 0 amide bonds. The highest BCUT2D eigenvalue weighted by molar-refractivity contribution is 7.18. The minimum Gasteiger partial charge on any atom is -0.198 e. The summed E-state index contributed by atoms with van der Waals surface area (Å²) >= 11 is 0. The fourth-order valence-electron chi connectivity index (χ4n) is 0.222. The molecule has 0 bridgehead atoms. The molecule has 7 heavy (non-hydrogen) atoms. The van der Waals surface area contributed by atoms with Crippen LogP contribution in [0.15, 0.2) is 12.2 Å². The van der Waals surface area contributed by atoms with E-state index >= 15 is 0 Å². The SMILES string of the molecule is C/C=C/C(F)(F)P. The van der Waals surface area contributed by atoms with Crippen LogP contribution in [0.5, 0.6) is 0 Å². The Morgan fingerprint density at radius 1 is 1.57 bits per heavy atom. The summed E-state index contributed by atoms with van der Waals surface area (Å²) in [6, 6.07) is 0. The van der Waals surface area contributed by atoms with Gasteiger partial charge in [0.2, 0.25) is 0 Å². The van der Waals surface area contributed by atoms with Gasteiger partial charge in [-0.25, -0.2) is 0 Å². The molecular weight excluding hydrogens is 117 g/mol. The van der Waals surface area contributed by atoms with E-state index in [1.807, 2.05) is 0 Å². The van der Waals surface area contributed by atoms with Crippen molar-refractivity contribution in [2.24, 2.45) is 0 Å². The summed E-state index contributed by atoms with van der Waals surface area (Å²) in [5.74, 6) is 0. The Kier molecular flexibility index (Phi) is 2.38. The third-order valence-corrected chi connectivity index (χ3v) is 0.581. The molecule has 0 radical (unpaired) electrons. The Balaban J connectivity index is 3.56. The van der Waals surface area contributed by atoms with Crippen molar-refractivity contribution in [2.45, 2.75) is 12.6 Å². The van der Waals surface area contributed by atoms with Crippen LogP contribution in [0.3, 0.4) is 0 Å². The predicted octanol–water partition coefficient (Wildman–Crippen LogP) is 2.03. The maximum atomic E-state index is 11.6. The topological polar surface area (TPSA) is 0 Å². The molecule has 0 N–H and O–H groups in total. The van der Waals surface area contributed by atoms with Crippen molar-refractivity contribution < 1.29 is 8.78 Å². The number of hydrogen-bond donors (Lipinski definition) is 0. The Morgan fingerprint density at radius 3 is 2.00 bits per heavy atom. The molecule has 0 aliphatic heterocycles. The number of rotatable bonds is 1. The van der Waals surface area contributed by atoms with Gasteiger partial charge < -0.3 is 0 Å². The first-order valence-electron chi connectivity index (χ1n) is 1.87. The number of hydrogen-bond acceptors (Lipinski definition) is 0. The molecule has 0 aromatic rings. The van der Waals surface area contributed by atoms with Crippen LogP contribution in [-0.4, -0.2) is 5.66 Å². The molecule has 0 aromatic carbocycles. The summed E-state index contributed by atoms with van der Waals surface area (Å²) < 4.78 is 23.2. The molecule has 0 saturated heterocycles. The number of halogens is 2. The standard InChI is InChI=1S/C4H7F2P/c1-2-3-4(5,6)7/h2-3H,7H2,1H3/b3-2+. The van der Waals surface area contributed by atoms with Gasteiger partial charge in [0.1, 0.15) is 0 Å². The summed E-state index contributed by atoms with van der Waals surface area (Å²) in [7, 11) is 1.42. The molecule has 0 heterocycles. The van der Waals surface area contributed by atoms with Crippen molar-refractivity contribution in [3.63, 3.8) is 0 Å². The quantitative estimate of drug-likeness (QED) is 0.370. The maximum Gasteiger partial charge on any atom is 0.277 e.